The van der Waals surface area contributed by atoms with Crippen molar-refractivity contribution < 1.29 is 9.18 Å². The van der Waals surface area contributed by atoms with Gasteiger partial charge in [-0.1, -0.05) is 47.1 Å². The van der Waals surface area contributed by atoms with Gasteiger partial charge in [0.2, 0.25) is 0 Å². The van der Waals surface area contributed by atoms with E-state index in [1.807, 2.05) is 12.1 Å². The minimum absolute atomic E-state index is 0.242. The van der Waals surface area contributed by atoms with Gasteiger partial charge in [-0.2, -0.15) is 4.99 Å². The maximum Gasteiger partial charge on any atom is 0.272 e. The number of hydrogen-bond donors (Lipinski definition) is 0. The highest BCUT2D eigenvalue weighted by Gasteiger charge is 2.07. The second-order valence-electron chi connectivity index (χ2n) is 5.09. The molecule has 3 rings (SSSR count). The molecule has 0 N–H and O–H groups in total. The van der Waals surface area contributed by atoms with E-state index in [-0.39, 0.29) is 12.4 Å². The van der Waals surface area contributed by atoms with Crippen LogP contribution in [0.25, 0.3) is 16.3 Å². The predicted molar refractivity (Wildman–Crippen MR) is 99.7 cm³/mol. The normalized spacial score (nSPS) is 12.0. The average Bonchev–Trinajstić information content (AvgIpc) is 2.91. The van der Waals surface area contributed by atoms with Crippen LogP contribution in [0.3, 0.4) is 0 Å². The molecule has 0 spiro atoms. The Morgan fingerprint density at radius 3 is 2.92 bits per heavy atom. The van der Waals surface area contributed by atoms with Gasteiger partial charge in [0, 0.05) is 11.1 Å². The van der Waals surface area contributed by atoms with E-state index in [1.165, 1.54) is 29.5 Å². The third kappa shape index (κ3) is 3.87. The second-order valence-corrected chi connectivity index (χ2v) is 6.51. The lowest BCUT2D eigenvalue weighted by Gasteiger charge is -1.99. The van der Waals surface area contributed by atoms with Crippen molar-refractivity contribution in [1.29, 1.82) is 0 Å². The molecule has 0 fully saturated rings. The highest BCUT2D eigenvalue weighted by molar-refractivity contribution is 7.16. The molecule has 0 saturated carbocycles. The fraction of sp³-hybridized carbons (Fsp3) is 0.0526. The first kappa shape index (κ1) is 17.2. The number of carbonyl (C=O) groups excluding carboxylic acids is 1. The number of hydrogen-bond acceptors (Lipinski definition) is 2. The Morgan fingerprint density at radius 2 is 2.16 bits per heavy atom. The minimum Gasteiger partial charge on any atom is -0.305 e. The Balaban J connectivity index is 2.00. The molecule has 0 aliphatic heterocycles. The van der Waals surface area contributed by atoms with Crippen LogP contribution in [0.15, 0.2) is 53.5 Å². The largest absolute Gasteiger partial charge is 0.305 e. The fourth-order valence-electron chi connectivity index (χ4n) is 2.28. The molecule has 0 aliphatic carbocycles. The van der Waals surface area contributed by atoms with Crippen molar-refractivity contribution in [3.63, 3.8) is 0 Å². The summed E-state index contributed by atoms with van der Waals surface area (Å²) in [4.78, 5) is 16.7. The zero-order valence-electron chi connectivity index (χ0n) is 12.9. The summed E-state index contributed by atoms with van der Waals surface area (Å²) >= 11 is 7.26. The van der Waals surface area contributed by atoms with Gasteiger partial charge in [-0.05, 0) is 35.9 Å². The number of rotatable bonds is 3. The van der Waals surface area contributed by atoms with Crippen LogP contribution in [0, 0.1) is 18.2 Å². The topological polar surface area (TPSA) is 34.4 Å². The lowest BCUT2D eigenvalue weighted by Crippen LogP contribution is -2.15. The van der Waals surface area contributed by atoms with Crippen LogP contribution < -0.4 is 4.80 Å². The Morgan fingerprint density at radius 1 is 1.36 bits per heavy atom. The van der Waals surface area contributed by atoms with Crippen LogP contribution in [0.4, 0.5) is 4.39 Å². The molecule has 124 valence electrons. The second kappa shape index (κ2) is 7.47. The maximum atomic E-state index is 13.4. The number of aromatic nitrogens is 1. The first-order valence-electron chi connectivity index (χ1n) is 7.32. The van der Waals surface area contributed by atoms with E-state index in [4.69, 9.17) is 18.0 Å². The van der Waals surface area contributed by atoms with Gasteiger partial charge in [0.25, 0.3) is 5.91 Å². The predicted octanol–water partition coefficient (Wildman–Crippen LogP) is 4.27. The Labute approximate surface area is 152 Å². The van der Waals surface area contributed by atoms with E-state index in [0.29, 0.717) is 14.5 Å². The van der Waals surface area contributed by atoms with E-state index in [9.17, 15) is 9.18 Å². The van der Waals surface area contributed by atoms with Crippen LogP contribution in [0.5, 0.6) is 0 Å². The van der Waals surface area contributed by atoms with Gasteiger partial charge in [-0.3, -0.25) is 4.79 Å². The zero-order valence-corrected chi connectivity index (χ0v) is 14.5. The molecule has 3 nitrogen and oxygen atoms in total. The van der Waals surface area contributed by atoms with Gasteiger partial charge < -0.3 is 4.57 Å². The summed E-state index contributed by atoms with van der Waals surface area (Å²) in [5.74, 6) is 1.73. The zero-order chi connectivity index (χ0) is 17.8. The van der Waals surface area contributed by atoms with Crippen molar-refractivity contribution in [2.45, 2.75) is 6.54 Å². The van der Waals surface area contributed by atoms with Crippen LogP contribution in [-0.2, 0) is 11.3 Å². The molecule has 0 atom stereocenters. The molecule has 3 aromatic rings. The van der Waals surface area contributed by atoms with Crippen LogP contribution >= 0.6 is 22.9 Å². The van der Waals surface area contributed by atoms with Crippen molar-refractivity contribution >= 4 is 45.1 Å². The molecule has 1 aromatic heterocycles. The average molecular weight is 371 g/mol. The minimum atomic E-state index is -0.447. The van der Waals surface area contributed by atoms with Gasteiger partial charge in [0.05, 0.1) is 16.8 Å². The summed E-state index contributed by atoms with van der Waals surface area (Å²) in [6.07, 6.45) is 8.34. The number of amides is 1. The third-order valence-corrected chi connectivity index (χ3v) is 4.80. The van der Waals surface area contributed by atoms with Crippen LogP contribution in [0.1, 0.15) is 5.56 Å². The summed E-state index contributed by atoms with van der Waals surface area (Å²) in [5.41, 5.74) is 1.47. The van der Waals surface area contributed by atoms with Crippen molar-refractivity contribution in [3.8, 4) is 12.3 Å². The standard InChI is InChI=1S/C19H12ClFN2OS/c1-2-11-23-16-9-8-14(21)12-17(16)25-19(23)22-18(24)10-7-13-5-3-4-6-15(13)20/h1,3-10,12H,11H2. The van der Waals surface area contributed by atoms with Crippen LogP contribution in [0.2, 0.25) is 5.02 Å². The van der Waals surface area contributed by atoms with E-state index < -0.39 is 5.91 Å². The smallest absolute Gasteiger partial charge is 0.272 e. The molecule has 0 bridgehead atoms. The lowest BCUT2D eigenvalue weighted by molar-refractivity contribution is -0.113. The third-order valence-electron chi connectivity index (χ3n) is 3.41. The molecule has 0 aliphatic rings. The maximum absolute atomic E-state index is 13.4. The van der Waals surface area contributed by atoms with Gasteiger partial charge in [0.15, 0.2) is 4.80 Å². The van der Waals surface area contributed by atoms with Crippen molar-refractivity contribution in [3.05, 3.63) is 69.7 Å². The van der Waals surface area contributed by atoms with Crippen molar-refractivity contribution in [2.24, 2.45) is 4.99 Å². The van der Waals surface area contributed by atoms with Crippen molar-refractivity contribution in [1.82, 2.24) is 4.57 Å². The molecule has 1 heterocycles. The molecule has 25 heavy (non-hydrogen) atoms. The fourth-order valence-corrected chi connectivity index (χ4v) is 3.54. The summed E-state index contributed by atoms with van der Waals surface area (Å²) in [7, 11) is 0. The van der Waals surface area contributed by atoms with Crippen molar-refractivity contribution in [2.75, 3.05) is 0 Å². The number of benzene rings is 2. The number of carbonyl (C=O) groups is 1. The van der Waals surface area contributed by atoms with Gasteiger partial charge in [-0.25, -0.2) is 4.39 Å². The summed E-state index contributed by atoms with van der Waals surface area (Å²) in [6, 6.07) is 11.6. The summed E-state index contributed by atoms with van der Waals surface area (Å²) < 4.78 is 15.8. The van der Waals surface area contributed by atoms with E-state index in [2.05, 4.69) is 10.9 Å². The number of nitrogens with zero attached hydrogens (tertiary/aromatic N) is 2. The number of terminal acetylenes is 1. The Kier molecular flexibility index (Phi) is 5.13. The highest BCUT2D eigenvalue weighted by atomic mass is 35.5. The van der Waals surface area contributed by atoms with E-state index >= 15 is 0 Å². The van der Waals surface area contributed by atoms with Crippen LogP contribution in [-0.4, -0.2) is 10.5 Å². The molecular formula is C19H12ClFN2OS. The first-order chi connectivity index (χ1) is 12.1. The Bertz CT molecular complexity index is 1090. The first-order valence-corrected chi connectivity index (χ1v) is 8.51. The molecule has 1 amide bonds. The molecule has 6 heteroatoms. The summed E-state index contributed by atoms with van der Waals surface area (Å²) in [6.45, 7) is 0.242. The number of thiazole rings is 1. The van der Waals surface area contributed by atoms with Gasteiger partial charge in [0.1, 0.15) is 5.82 Å². The summed E-state index contributed by atoms with van der Waals surface area (Å²) in [5, 5.41) is 0.547. The van der Waals surface area contributed by atoms with E-state index in [0.717, 1.165) is 11.1 Å². The Hall–Kier alpha value is -2.68. The molecule has 2 aromatic carbocycles. The molecule has 0 saturated heterocycles. The molecule has 0 radical (unpaired) electrons. The van der Waals surface area contributed by atoms with E-state index in [1.54, 1.807) is 28.8 Å². The van der Waals surface area contributed by atoms with Gasteiger partial charge >= 0.3 is 0 Å². The highest BCUT2D eigenvalue weighted by Crippen LogP contribution is 2.19. The quantitative estimate of drug-likeness (QED) is 0.501. The van der Waals surface area contributed by atoms with Gasteiger partial charge in [-0.15, -0.1) is 6.42 Å². The molecule has 0 unspecified atom stereocenters. The lowest BCUT2D eigenvalue weighted by atomic mass is 10.2. The molecular weight excluding hydrogens is 359 g/mol. The number of fused-ring (bicyclic) bond motifs is 1. The SMILES string of the molecule is C#CCn1c(=NC(=O)C=Cc2ccccc2Cl)sc2cc(F)ccc21. The monoisotopic (exact) mass is 370 g/mol. The number of halogens is 2.